The van der Waals surface area contributed by atoms with Crippen molar-refractivity contribution in [2.45, 2.75) is 51.1 Å². The van der Waals surface area contributed by atoms with Gasteiger partial charge in [0.1, 0.15) is 11.4 Å². The molecule has 238 valence electrons. The van der Waals surface area contributed by atoms with Crippen molar-refractivity contribution in [3.63, 3.8) is 0 Å². The SMILES string of the molecule is CCc1cccc(CC)c1-n1c(SCC(=O)N/N=C/c2sc(N3CCCCC3)nc2-c2cccs2)nnc1-c1ccc(OC)cc1. The summed E-state index contributed by atoms with van der Waals surface area (Å²) in [7, 11) is 1.65. The minimum absolute atomic E-state index is 0.132. The van der Waals surface area contributed by atoms with E-state index in [1.807, 2.05) is 30.3 Å². The smallest absolute Gasteiger partial charge is 0.250 e. The van der Waals surface area contributed by atoms with Crippen molar-refractivity contribution in [2.75, 3.05) is 30.9 Å². The lowest BCUT2D eigenvalue weighted by Crippen LogP contribution is -2.29. The number of hydrogen-bond donors (Lipinski definition) is 1. The maximum Gasteiger partial charge on any atom is 0.250 e. The summed E-state index contributed by atoms with van der Waals surface area (Å²) in [5, 5.41) is 17.2. The number of carbonyl (C=O) groups excluding carboxylic acids is 1. The van der Waals surface area contributed by atoms with E-state index in [4.69, 9.17) is 9.72 Å². The lowest BCUT2D eigenvalue weighted by molar-refractivity contribution is -0.118. The molecule has 1 amide bonds. The number of thiophene rings is 1. The molecule has 46 heavy (non-hydrogen) atoms. The molecule has 0 spiro atoms. The van der Waals surface area contributed by atoms with Crippen LogP contribution >= 0.6 is 34.4 Å². The Labute approximate surface area is 281 Å². The lowest BCUT2D eigenvalue weighted by Gasteiger charge is -2.25. The molecule has 1 saturated heterocycles. The van der Waals surface area contributed by atoms with Crippen molar-refractivity contribution in [1.29, 1.82) is 0 Å². The second-order valence-electron chi connectivity index (χ2n) is 10.8. The van der Waals surface area contributed by atoms with Crippen molar-refractivity contribution in [3.05, 3.63) is 76.0 Å². The van der Waals surface area contributed by atoms with Crippen molar-refractivity contribution >= 4 is 51.7 Å². The number of amides is 1. The normalized spacial score (nSPS) is 13.4. The number of rotatable bonds is 12. The van der Waals surface area contributed by atoms with E-state index in [9.17, 15) is 4.79 Å². The van der Waals surface area contributed by atoms with Gasteiger partial charge in [0.25, 0.3) is 5.91 Å². The Hall–Kier alpha value is -4.00. The number of carbonyl (C=O) groups is 1. The van der Waals surface area contributed by atoms with Crippen LogP contribution in [-0.2, 0) is 17.6 Å². The number of hydrogen-bond acceptors (Lipinski definition) is 10. The predicted molar refractivity (Wildman–Crippen MR) is 190 cm³/mol. The summed E-state index contributed by atoms with van der Waals surface area (Å²) in [5.74, 6) is 1.40. The number of aromatic nitrogens is 4. The molecular formula is C34H37N7O2S3. The highest BCUT2D eigenvalue weighted by atomic mass is 32.2. The number of anilines is 1. The summed E-state index contributed by atoms with van der Waals surface area (Å²) in [5.41, 5.74) is 8.01. The van der Waals surface area contributed by atoms with Crippen LogP contribution in [0.4, 0.5) is 5.13 Å². The molecule has 0 atom stereocenters. The van der Waals surface area contributed by atoms with E-state index in [2.05, 4.69) is 73.7 Å². The Morgan fingerprint density at radius 1 is 1.02 bits per heavy atom. The van der Waals surface area contributed by atoms with Crippen molar-refractivity contribution < 1.29 is 9.53 Å². The molecule has 0 aliphatic carbocycles. The second-order valence-corrected chi connectivity index (χ2v) is 13.7. The summed E-state index contributed by atoms with van der Waals surface area (Å²) in [4.78, 5) is 22.4. The zero-order valence-corrected chi connectivity index (χ0v) is 28.7. The monoisotopic (exact) mass is 671 g/mol. The largest absolute Gasteiger partial charge is 0.497 e. The van der Waals surface area contributed by atoms with E-state index >= 15 is 0 Å². The number of methoxy groups -OCH3 is 1. The summed E-state index contributed by atoms with van der Waals surface area (Å²) in [6.45, 7) is 6.34. The molecule has 1 N–H and O–H groups in total. The average molecular weight is 672 g/mol. The van der Waals surface area contributed by atoms with Gasteiger partial charge >= 0.3 is 0 Å². The number of hydrazone groups is 1. The van der Waals surface area contributed by atoms with Gasteiger partial charge in [0.15, 0.2) is 16.1 Å². The molecule has 2 aromatic carbocycles. The fraction of sp³-hybridized carbons (Fsp3) is 0.324. The number of nitrogens with one attached hydrogen (secondary N) is 1. The number of nitrogens with zero attached hydrogens (tertiary/aromatic N) is 6. The number of piperidine rings is 1. The molecule has 0 radical (unpaired) electrons. The lowest BCUT2D eigenvalue weighted by atomic mass is 10.0. The third-order valence-electron chi connectivity index (χ3n) is 7.90. The summed E-state index contributed by atoms with van der Waals surface area (Å²) < 4.78 is 7.46. The Morgan fingerprint density at radius 2 is 1.78 bits per heavy atom. The van der Waals surface area contributed by atoms with Gasteiger partial charge in [-0.25, -0.2) is 10.4 Å². The first-order valence-electron chi connectivity index (χ1n) is 15.5. The van der Waals surface area contributed by atoms with Gasteiger partial charge in [-0.1, -0.05) is 61.2 Å². The first-order valence-corrected chi connectivity index (χ1v) is 18.2. The minimum Gasteiger partial charge on any atom is -0.497 e. The van der Waals surface area contributed by atoms with Gasteiger partial charge in [0, 0.05) is 18.7 Å². The fourth-order valence-corrected chi connectivity index (χ4v) is 8.06. The summed E-state index contributed by atoms with van der Waals surface area (Å²) in [6, 6.07) is 18.3. The molecule has 0 unspecified atom stereocenters. The molecule has 1 aliphatic rings. The Bertz CT molecular complexity index is 1770. The van der Waals surface area contributed by atoms with Crippen molar-refractivity contribution in [2.24, 2.45) is 5.10 Å². The van der Waals surface area contributed by atoms with E-state index in [-0.39, 0.29) is 11.7 Å². The highest BCUT2D eigenvalue weighted by molar-refractivity contribution is 7.99. The molecule has 6 rings (SSSR count). The Kier molecular flexibility index (Phi) is 10.5. The standard InChI is InChI=1S/C34H37N7O2S3/c1-4-23-11-9-12-24(5-2)31(23)41-32(25-14-16-26(43-3)17-15-25)38-39-34(41)45-22-29(42)37-35-21-28-30(27-13-10-20-44-27)36-33(46-28)40-18-7-6-8-19-40/h9-17,20-21H,4-8,18-19,22H2,1-3H3,(H,37,42)/b35-21+. The maximum atomic E-state index is 13.1. The van der Waals surface area contributed by atoms with Gasteiger partial charge in [-0.15, -0.1) is 21.5 Å². The number of ether oxygens (including phenoxy) is 1. The third-order valence-corrected chi connectivity index (χ3v) is 10.8. The molecule has 12 heteroatoms. The first-order chi connectivity index (χ1) is 22.6. The Balaban J connectivity index is 1.22. The van der Waals surface area contributed by atoms with Gasteiger partial charge in [0.05, 0.1) is 34.5 Å². The molecule has 0 saturated carbocycles. The van der Waals surface area contributed by atoms with Crippen LogP contribution in [0.3, 0.4) is 0 Å². The summed E-state index contributed by atoms with van der Waals surface area (Å²) >= 11 is 4.62. The number of aryl methyl sites for hydroxylation is 2. The third kappa shape index (κ3) is 7.03. The number of thiazole rings is 1. The molecule has 1 fully saturated rings. The molecule has 0 bridgehead atoms. The van der Waals surface area contributed by atoms with Crippen LogP contribution in [0.15, 0.2) is 70.2 Å². The van der Waals surface area contributed by atoms with E-state index in [1.54, 1.807) is 36.0 Å². The van der Waals surface area contributed by atoms with Crippen molar-refractivity contribution in [3.8, 4) is 33.4 Å². The quantitative estimate of drug-likeness (QED) is 0.0834. The van der Waals surface area contributed by atoms with E-state index in [1.165, 1.54) is 42.2 Å². The highest BCUT2D eigenvalue weighted by Crippen LogP contribution is 2.36. The summed E-state index contributed by atoms with van der Waals surface area (Å²) in [6.07, 6.45) is 7.06. The molecular weight excluding hydrogens is 635 g/mol. The average Bonchev–Trinajstić information content (AvgIpc) is 3.88. The molecule has 4 heterocycles. The Morgan fingerprint density at radius 3 is 2.46 bits per heavy atom. The van der Waals surface area contributed by atoms with Gasteiger partial charge < -0.3 is 9.64 Å². The van der Waals surface area contributed by atoms with Gasteiger partial charge in [-0.2, -0.15) is 5.10 Å². The van der Waals surface area contributed by atoms with E-state index < -0.39 is 0 Å². The van der Waals surface area contributed by atoms with Crippen LogP contribution < -0.4 is 15.1 Å². The fourth-order valence-electron chi connectivity index (χ4n) is 5.54. The van der Waals surface area contributed by atoms with Gasteiger partial charge in [-0.3, -0.25) is 9.36 Å². The van der Waals surface area contributed by atoms with E-state index in [0.29, 0.717) is 5.16 Å². The van der Waals surface area contributed by atoms with Crippen molar-refractivity contribution in [1.82, 2.24) is 25.2 Å². The highest BCUT2D eigenvalue weighted by Gasteiger charge is 2.22. The predicted octanol–water partition coefficient (Wildman–Crippen LogP) is 7.49. The van der Waals surface area contributed by atoms with Gasteiger partial charge in [0.2, 0.25) is 0 Å². The molecule has 3 aromatic heterocycles. The first kappa shape index (κ1) is 32.0. The number of para-hydroxylation sites is 1. The topological polar surface area (TPSA) is 97.5 Å². The van der Waals surface area contributed by atoms with Crippen LogP contribution in [-0.4, -0.2) is 57.8 Å². The minimum atomic E-state index is -0.222. The van der Waals surface area contributed by atoms with Crippen LogP contribution in [0, 0.1) is 0 Å². The van der Waals surface area contributed by atoms with Crippen LogP contribution in [0.2, 0.25) is 0 Å². The van der Waals surface area contributed by atoms with Crippen LogP contribution in [0.1, 0.15) is 49.1 Å². The maximum absolute atomic E-state index is 13.1. The zero-order chi connectivity index (χ0) is 31.9. The van der Waals surface area contributed by atoms with Crippen LogP contribution in [0.5, 0.6) is 5.75 Å². The number of thioether (sulfide) groups is 1. The molecule has 5 aromatic rings. The van der Waals surface area contributed by atoms with Crippen LogP contribution in [0.25, 0.3) is 27.6 Å². The van der Waals surface area contributed by atoms with E-state index in [0.717, 1.165) is 69.3 Å². The zero-order valence-electron chi connectivity index (χ0n) is 26.2. The molecule has 1 aliphatic heterocycles. The number of benzene rings is 2. The van der Waals surface area contributed by atoms with Gasteiger partial charge in [-0.05, 0) is 78.9 Å². The second kappa shape index (κ2) is 15.1. The molecule has 9 nitrogen and oxygen atoms in total.